The van der Waals surface area contributed by atoms with Crippen LogP contribution in [0.15, 0.2) is 22.7 Å². The number of nitrogens with one attached hydrogen (secondary N) is 1. The van der Waals surface area contributed by atoms with Crippen LogP contribution in [0.2, 0.25) is 5.02 Å². The van der Waals surface area contributed by atoms with Crippen molar-refractivity contribution < 1.29 is 18.0 Å². The van der Waals surface area contributed by atoms with E-state index in [1.54, 1.807) is 18.2 Å². The summed E-state index contributed by atoms with van der Waals surface area (Å²) in [7, 11) is 0. The van der Waals surface area contributed by atoms with Gasteiger partial charge in [0.05, 0.1) is 0 Å². The molecular weight excluding hydrogens is 310 g/mol. The molecule has 0 amide bonds. The molecule has 2 nitrogen and oxygen atoms in total. The number of hydrogen-bond acceptors (Lipinski definition) is 2. The van der Waals surface area contributed by atoms with Gasteiger partial charge in [-0.1, -0.05) is 33.6 Å². The van der Waals surface area contributed by atoms with Gasteiger partial charge in [-0.15, -0.1) is 0 Å². The summed E-state index contributed by atoms with van der Waals surface area (Å²) in [5.41, 5.74) is 2.98. The lowest BCUT2D eigenvalue weighted by atomic mass is 10.2. The number of hydroxylamine groups is 1. The smallest absolute Gasteiger partial charge is 0.292 e. The highest BCUT2D eigenvalue weighted by atomic mass is 79.9. The average molecular weight is 319 g/mol. The molecule has 0 aromatic heterocycles. The largest absolute Gasteiger partial charge is 0.413 e. The minimum atomic E-state index is -4.33. The predicted molar refractivity (Wildman–Crippen MR) is 58.0 cm³/mol. The Hall–Kier alpha value is -0.300. The first-order chi connectivity index (χ1) is 7.38. The van der Waals surface area contributed by atoms with E-state index in [9.17, 15) is 13.2 Å². The number of halogens is 5. The Morgan fingerprint density at radius 1 is 1.38 bits per heavy atom. The van der Waals surface area contributed by atoms with Crippen LogP contribution in [-0.2, 0) is 11.4 Å². The molecule has 0 fully saturated rings. The second kappa shape index (κ2) is 5.86. The fourth-order valence-corrected chi connectivity index (χ4v) is 1.75. The lowest BCUT2D eigenvalue weighted by Crippen LogP contribution is -2.24. The molecular formula is C9H8BrClF3NO. The third-order valence-electron chi connectivity index (χ3n) is 1.62. The molecule has 1 aromatic carbocycles. The third kappa shape index (κ3) is 5.16. The van der Waals surface area contributed by atoms with E-state index in [4.69, 9.17) is 11.6 Å². The van der Waals surface area contributed by atoms with Crippen molar-refractivity contribution in [3.63, 3.8) is 0 Å². The SMILES string of the molecule is FC(F)(F)CONCc1ccc(Cl)cc1Br. The van der Waals surface area contributed by atoms with E-state index in [0.717, 1.165) is 5.56 Å². The molecule has 0 aliphatic heterocycles. The molecule has 0 aliphatic rings. The normalized spacial score (nSPS) is 11.8. The molecule has 0 spiro atoms. The van der Waals surface area contributed by atoms with E-state index >= 15 is 0 Å². The van der Waals surface area contributed by atoms with Crippen molar-refractivity contribution in [2.45, 2.75) is 12.7 Å². The fourth-order valence-electron chi connectivity index (χ4n) is 0.927. The van der Waals surface area contributed by atoms with Crippen molar-refractivity contribution in [2.24, 2.45) is 0 Å². The maximum absolute atomic E-state index is 11.7. The van der Waals surface area contributed by atoms with Gasteiger partial charge >= 0.3 is 6.18 Å². The highest BCUT2D eigenvalue weighted by Gasteiger charge is 2.27. The Morgan fingerprint density at radius 2 is 2.06 bits per heavy atom. The lowest BCUT2D eigenvalue weighted by Gasteiger charge is -2.09. The molecule has 1 rings (SSSR count). The predicted octanol–water partition coefficient (Wildman–Crippen LogP) is 3.69. The van der Waals surface area contributed by atoms with Crippen molar-refractivity contribution in [1.82, 2.24) is 5.48 Å². The molecule has 1 N–H and O–H groups in total. The van der Waals surface area contributed by atoms with Crippen LogP contribution in [0, 0.1) is 0 Å². The van der Waals surface area contributed by atoms with Crippen LogP contribution in [-0.4, -0.2) is 12.8 Å². The van der Waals surface area contributed by atoms with Gasteiger partial charge in [-0.05, 0) is 17.7 Å². The van der Waals surface area contributed by atoms with E-state index in [1.807, 2.05) is 0 Å². The van der Waals surface area contributed by atoms with Gasteiger partial charge in [-0.3, -0.25) is 4.84 Å². The van der Waals surface area contributed by atoms with Gasteiger partial charge in [0.1, 0.15) is 0 Å². The quantitative estimate of drug-likeness (QED) is 0.675. The van der Waals surface area contributed by atoms with Gasteiger partial charge < -0.3 is 0 Å². The summed E-state index contributed by atoms with van der Waals surface area (Å²) >= 11 is 8.94. The summed E-state index contributed by atoms with van der Waals surface area (Å²) in [6.45, 7) is -1.16. The van der Waals surface area contributed by atoms with Crippen LogP contribution in [0.3, 0.4) is 0 Å². The zero-order valence-corrected chi connectivity index (χ0v) is 10.3. The highest BCUT2D eigenvalue weighted by molar-refractivity contribution is 9.10. The fraction of sp³-hybridized carbons (Fsp3) is 0.333. The molecule has 0 unspecified atom stereocenters. The molecule has 90 valence electrons. The summed E-state index contributed by atoms with van der Waals surface area (Å²) in [5.74, 6) is 0. The minimum absolute atomic E-state index is 0.161. The summed E-state index contributed by atoms with van der Waals surface area (Å²) in [4.78, 5) is 4.26. The van der Waals surface area contributed by atoms with E-state index < -0.39 is 12.8 Å². The molecule has 0 aliphatic carbocycles. The van der Waals surface area contributed by atoms with Gasteiger partial charge in [-0.2, -0.15) is 18.7 Å². The topological polar surface area (TPSA) is 21.3 Å². The Morgan fingerprint density at radius 3 is 2.62 bits per heavy atom. The van der Waals surface area contributed by atoms with E-state index in [0.29, 0.717) is 9.50 Å². The van der Waals surface area contributed by atoms with Gasteiger partial charge in [0.25, 0.3) is 0 Å². The first-order valence-electron chi connectivity index (χ1n) is 4.24. The molecule has 0 radical (unpaired) electrons. The van der Waals surface area contributed by atoms with E-state index in [-0.39, 0.29) is 6.54 Å². The third-order valence-corrected chi connectivity index (χ3v) is 2.59. The average Bonchev–Trinajstić information content (AvgIpc) is 2.13. The molecule has 16 heavy (non-hydrogen) atoms. The Labute approximate surface area is 104 Å². The second-order valence-corrected chi connectivity index (χ2v) is 4.25. The zero-order valence-electron chi connectivity index (χ0n) is 7.94. The maximum Gasteiger partial charge on any atom is 0.413 e. The first-order valence-corrected chi connectivity index (χ1v) is 5.41. The van der Waals surface area contributed by atoms with Gasteiger partial charge in [-0.25, -0.2) is 0 Å². The van der Waals surface area contributed by atoms with Crippen LogP contribution in [0.1, 0.15) is 5.56 Å². The lowest BCUT2D eigenvalue weighted by molar-refractivity contribution is -0.190. The highest BCUT2D eigenvalue weighted by Crippen LogP contribution is 2.21. The number of hydrogen-bond donors (Lipinski definition) is 1. The summed E-state index contributed by atoms with van der Waals surface area (Å²) < 4.78 is 35.9. The molecule has 0 heterocycles. The second-order valence-electron chi connectivity index (χ2n) is 2.96. The molecule has 1 aromatic rings. The van der Waals surface area contributed by atoms with Gasteiger partial charge in [0.2, 0.25) is 0 Å². The monoisotopic (exact) mass is 317 g/mol. The van der Waals surface area contributed by atoms with Crippen molar-refractivity contribution >= 4 is 27.5 Å². The minimum Gasteiger partial charge on any atom is -0.292 e. The standard InChI is InChI=1S/C9H8BrClF3NO/c10-8-3-7(11)2-1-6(8)4-15-16-5-9(12,13)14/h1-3,15H,4-5H2. The Kier molecular flexibility index (Phi) is 5.04. The van der Waals surface area contributed by atoms with Crippen molar-refractivity contribution in [3.8, 4) is 0 Å². The zero-order chi connectivity index (χ0) is 12.2. The van der Waals surface area contributed by atoms with Crippen LogP contribution < -0.4 is 5.48 Å². The number of benzene rings is 1. The first kappa shape index (κ1) is 13.8. The Balaban J connectivity index is 2.38. The van der Waals surface area contributed by atoms with Crippen molar-refractivity contribution in [3.05, 3.63) is 33.3 Å². The van der Waals surface area contributed by atoms with Gasteiger partial charge in [0.15, 0.2) is 6.61 Å². The van der Waals surface area contributed by atoms with Crippen LogP contribution in [0.5, 0.6) is 0 Å². The van der Waals surface area contributed by atoms with Gasteiger partial charge in [0, 0.05) is 16.0 Å². The summed E-state index contributed by atoms with van der Waals surface area (Å²) in [5, 5.41) is 0.548. The van der Waals surface area contributed by atoms with E-state index in [1.165, 1.54) is 0 Å². The molecule has 0 saturated carbocycles. The van der Waals surface area contributed by atoms with Crippen LogP contribution >= 0.6 is 27.5 Å². The molecule has 7 heteroatoms. The van der Waals surface area contributed by atoms with E-state index in [2.05, 4.69) is 26.2 Å². The van der Waals surface area contributed by atoms with Crippen LogP contribution in [0.4, 0.5) is 13.2 Å². The number of rotatable bonds is 4. The number of alkyl halides is 3. The molecule has 0 atom stereocenters. The summed E-state index contributed by atoms with van der Waals surface area (Å²) in [6, 6.07) is 4.99. The Bertz CT molecular complexity index is 359. The summed E-state index contributed by atoms with van der Waals surface area (Å²) in [6.07, 6.45) is -4.33. The molecule has 0 bridgehead atoms. The van der Waals surface area contributed by atoms with Crippen molar-refractivity contribution in [2.75, 3.05) is 6.61 Å². The maximum atomic E-state index is 11.7. The van der Waals surface area contributed by atoms with Crippen LogP contribution in [0.25, 0.3) is 0 Å². The van der Waals surface area contributed by atoms with Crippen molar-refractivity contribution in [1.29, 1.82) is 0 Å². The molecule has 0 saturated heterocycles.